The van der Waals surface area contributed by atoms with Gasteiger partial charge >= 0.3 is 11.9 Å². The number of carbonyl (C=O) groups is 4. The Morgan fingerprint density at radius 1 is 1.31 bits per heavy atom. The van der Waals surface area contributed by atoms with Crippen molar-refractivity contribution in [1.82, 2.24) is 25.4 Å². The monoisotopic (exact) mass is 550 g/mol. The lowest BCUT2D eigenvalue weighted by atomic mass is 10.0. The highest BCUT2D eigenvalue weighted by Crippen LogP contribution is 2.41. The zero-order valence-electron chi connectivity index (χ0n) is 18.5. The number of β-lactam (4-membered cyclic amide) rings is 1. The van der Waals surface area contributed by atoms with Crippen molar-refractivity contribution in [2.75, 3.05) is 18.1 Å². The van der Waals surface area contributed by atoms with Crippen molar-refractivity contribution in [1.29, 1.82) is 0 Å². The van der Waals surface area contributed by atoms with Crippen molar-refractivity contribution in [2.45, 2.75) is 23.4 Å². The molecule has 4 heterocycles. The van der Waals surface area contributed by atoms with Crippen molar-refractivity contribution in [3.05, 3.63) is 45.7 Å². The molecule has 0 bridgehead atoms. The lowest BCUT2D eigenvalue weighted by Crippen LogP contribution is -2.71. The van der Waals surface area contributed by atoms with Crippen molar-refractivity contribution in [3.63, 3.8) is 0 Å². The van der Waals surface area contributed by atoms with Gasteiger partial charge in [-0.1, -0.05) is 5.16 Å². The van der Waals surface area contributed by atoms with E-state index < -0.39 is 41.8 Å². The number of oxime groups is 1. The van der Waals surface area contributed by atoms with Crippen molar-refractivity contribution in [3.8, 4) is 0 Å². The molecule has 1 unspecified atom stereocenters. The Kier molecular flexibility index (Phi) is 7.85. The fourth-order valence-corrected chi connectivity index (χ4v) is 6.15. The van der Waals surface area contributed by atoms with Gasteiger partial charge in [-0.2, -0.15) is 5.10 Å². The summed E-state index contributed by atoms with van der Waals surface area (Å²) in [7, 11) is 0. The number of aromatic nitrogens is 3. The number of thioether (sulfide) groups is 2. The average Bonchev–Trinajstić information content (AvgIpc) is 3.38. The summed E-state index contributed by atoms with van der Waals surface area (Å²) >= 11 is 3.82. The van der Waals surface area contributed by atoms with Crippen LogP contribution in [0, 0.1) is 6.92 Å². The van der Waals surface area contributed by atoms with E-state index in [0.717, 1.165) is 5.69 Å². The van der Waals surface area contributed by atoms with Gasteiger partial charge in [-0.25, -0.2) is 14.6 Å². The molecule has 0 aromatic carbocycles. The third kappa shape index (κ3) is 5.50. The van der Waals surface area contributed by atoms with Gasteiger partial charge in [0, 0.05) is 16.9 Å². The summed E-state index contributed by atoms with van der Waals surface area (Å²) < 4.78 is 0. The van der Waals surface area contributed by atoms with E-state index in [1.54, 1.807) is 12.1 Å². The van der Waals surface area contributed by atoms with Crippen molar-refractivity contribution in [2.24, 2.45) is 5.16 Å². The van der Waals surface area contributed by atoms with Gasteiger partial charge in [-0.15, -0.1) is 40.0 Å². The highest BCUT2D eigenvalue weighted by Gasteiger charge is 2.54. The second-order valence-corrected chi connectivity index (χ2v) is 10.2. The number of hydrogen-bond donors (Lipinski definition) is 3. The van der Waals surface area contributed by atoms with E-state index in [2.05, 4.69) is 25.7 Å². The molecule has 0 spiro atoms. The number of fused-ring (bicyclic) bond motifs is 1. The van der Waals surface area contributed by atoms with E-state index in [1.165, 1.54) is 50.7 Å². The van der Waals surface area contributed by atoms with E-state index in [1.807, 2.05) is 6.92 Å². The predicted octanol–water partition coefficient (Wildman–Crippen LogP) is 0.578. The number of hydrogen-bond acceptors (Lipinski definition) is 12. The SMILES string of the molecule is Cc1ccc(SCC2=C(C(=O)O)N3C(=O)C(NC(=O)C(=NOCC(=O)O)c4cscn4)[C@@H]3SC2)nn1. The molecule has 36 heavy (non-hydrogen) atoms. The Bertz CT molecular complexity index is 1250. The maximum absolute atomic E-state index is 12.9. The lowest BCUT2D eigenvalue weighted by Gasteiger charge is -2.49. The quantitative estimate of drug-likeness (QED) is 0.162. The van der Waals surface area contributed by atoms with Crippen LogP contribution in [0.25, 0.3) is 0 Å². The average molecular weight is 551 g/mol. The van der Waals surface area contributed by atoms with Crippen LogP contribution in [0.5, 0.6) is 0 Å². The molecule has 2 aromatic heterocycles. The molecule has 2 atom stereocenters. The van der Waals surface area contributed by atoms with E-state index in [4.69, 9.17) is 9.94 Å². The fourth-order valence-electron chi connectivity index (χ4n) is 3.31. The summed E-state index contributed by atoms with van der Waals surface area (Å²) in [4.78, 5) is 58.4. The van der Waals surface area contributed by atoms with E-state index in [9.17, 15) is 24.3 Å². The van der Waals surface area contributed by atoms with Crippen molar-refractivity contribution >= 4 is 64.3 Å². The summed E-state index contributed by atoms with van der Waals surface area (Å²) in [6.07, 6.45) is 0. The van der Waals surface area contributed by atoms with Crippen LogP contribution in [-0.2, 0) is 24.0 Å². The third-order valence-electron chi connectivity index (χ3n) is 4.94. The van der Waals surface area contributed by atoms with Crippen LogP contribution in [0.15, 0.2) is 44.5 Å². The molecule has 0 radical (unpaired) electrons. The molecule has 16 heteroatoms. The van der Waals surface area contributed by atoms with Crippen LogP contribution in [-0.4, -0.2) is 89.3 Å². The second kappa shape index (κ2) is 11.0. The van der Waals surface area contributed by atoms with Gasteiger partial charge in [0.25, 0.3) is 11.8 Å². The zero-order chi connectivity index (χ0) is 25.8. The summed E-state index contributed by atoms with van der Waals surface area (Å²) in [6.45, 7) is 1.04. The summed E-state index contributed by atoms with van der Waals surface area (Å²) in [5, 5.41) is 34.2. The Morgan fingerprint density at radius 2 is 2.11 bits per heavy atom. The largest absolute Gasteiger partial charge is 0.479 e. The molecule has 13 nitrogen and oxygen atoms in total. The number of amides is 2. The smallest absolute Gasteiger partial charge is 0.352 e. The van der Waals surface area contributed by atoms with Crippen LogP contribution in [0.3, 0.4) is 0 Å². The number of aryl methyl sites for hydroxylation is 1. The molecule has 2 amide bonds. The number of nitrogens with zero attached hydrogens (tertiary/aromatic N) is 5. The molecule has 1 saturated heterocycles. The number of rotatable bonds is 10. The standard InChI is InChI=1S/C20H18N6O7S3/c1-9-2-3-12(24-23-9)35-5-10-6-36-19-15(18(30)26(19)16(10)20(31)32)22-17(29)14(11-7-34-8-21-11)25-33-4-13(27)28/h2-3,7-8,15,19H,4-6H2,1H3,(H,22,29)(H,27,28)(H,31,32)/t15?,19-/m0/s1. The summed E-state index contributed by atoms with van der Waals surface area (Å²) in [5.74, 6) is -3.26. The molecule has 2 aliphatic rings. The molecular weight excluding hydrogens is 532 g/mol. The normalized spacial score (nSPS) is 19.4. The van der Waals surface area contributed by atoms with Gasteiger partial charge in [0.15, 0.2) is 5.71 Å². The highest BCUT2D eigenvalue weighted by molar-refractivity contribution is 8.01. The zero-order valence-corrected chi connectivity index (χ0v) is 20.9. The molecule has 3 N–H and O–H groups in total. The van der Waals surface area contributed by atoms with Gasteiger partial charge in [0.05, 0.1) is 11.2 Å². The molecule has 4 rings (SSSR count). The van der Waals surface area contributed by atoms with E-state index >= 15 is 0 Å². The van der Waals surface area contributed by atoms with Gasteiger partial charge in [-0.05, 0) is 24.6 Å². The van der Waals surface area contributed by atoms with E-state index in [-0.39, 0.29) is 17.1 Å². The first-order valence-corrected chi connectivity index (χ1v) is 13.2. The minimum Gasteiger partial charge on any atom is -0.479 e. The van der Waals surface area contributed by atoms with Crippen LogP contribution in [0.1, 0.15) is 11.4 Å². The minimum absolute atomic E-state index is 0.111. The minimum atomic E-state index is -1.28. The topological polar surface area (TPSA) is 184 Å². The predicted molar refractivity (Wildman–Crippen MR) is 129 cm³/mol. The molecule has 188 valence electrons. The maximum Gasteiger partial charge on any atom is 0.352 e. The Balaban J connectivity index is 1.47. The van der Waals surface area contributed by atoms with Crippen LogP contribution >= 0.6 is 34.9 Å². The Hall–Kier alpha value is -3.50. The Morgan fingerprint density at radius 3 is 2.75 bits per heavy atom. The fraction of sp³-hybridized carbons (Fsp3) is 0.300. The van der Waals surface area contributed by atoms with Gasteiger partial charge in [-0.3, -0.25) is 14.5 Å². The first-order valence-electron chi connectivity index (χ1n) is 10.2. The van der Waals surface area contributed by atoms with Gasteiger partial charge in [0.2, 0.25) is 6.61 Å². The molecule has 0 aliphatic carbocycles. The van der Waals surface area contributed by atoms with Crippen molar-refractivity contribution < 1.29 is 34.2 Å². The lowest BCUT2D eigenvalue weighted by molar-refractivity contribution is -0.150. The first kappa shape index (κ1) is 25.6. The van der Waals surface area contributed by atoms with Crippen LogP contribution in [0.2, 0.25) is 0 Å². The summed E-state index contributed by atoms with van der Waals surface area (Å²) in [5.41, 5.74) is 2.51. The summed E-state index contributed by atoms with van der Waals surface area (Å²) in [6, 6.07) is 2.59. The number of carboxylic acids is 2. The maximum atomic E-state index is 12.9. The first-order chi connectivity index (χ1) is 17.3. The van der Waals surface area contributed by atoms with Gasteiger partial charge < -0.3 is 20.4 Å². The van der Waals surface area contributed by atoms with E-state index in [0.29, 0.717) is 22.1 Å². The third-order valence-corrected chi connectivity index (χ3v) is 7.87. The highest BCUT2D eigenvalue weighted by atomic mass is 32.2. The molecule has 2 aliphatic heterocycles. The molecule has 0 saturated carbocycles. The molecule has 2 aromatic rings. The van der Waals surface area contributed by atoms with Crippen LogP contribution < -0.4 is 5.32 Å². The number of carbonyl (C=O) groups excluding carboxylic acids is 2. The second-order valence-electron chi connectivity index (χ2n) is 7.40. The number of nitrogens with one attached hydrogen (secondary N) is 1. The number of carboxylic acid groups (broad SMARTS) is 2. The molecule has 1 fully saturated rings. The number of thiazole rings is 1. The number of aliphatic carboxylic acids is 2. The van der Waals surface area contributed by atoms with Gasteiger partial charge in [0.1, 0.15) is 27.8 Å². The molecular formula is C20H18N6O7S3. The Labute approximate surface area is 216 Å². The van der Waals surface area contributed by atoms with Crippen LogP contribution in [0.4, 0.5) is 0 Å².